The van der Waals surface area contributed by atoms with Crippen molar-refractivity contribution in [1.29, 1.82) is 0 Å². The first kappa shape index (κ1) is 10.7. The van der Waals surface area contributed by atoms with Gasteiger partial charge in [0.2, 0.25) is 0 Å². The molecule has 1 atom stereocenters. The van der Waals surface area contributed by atoms with Gasteiger partial charge in [-0.1, -0.05) is 0 Å². The van der Waals surface area contributed by atoms with Gasteiger partial charge < -0.3 is 5.32 Å². The SMILES string of the molecule is CC#CCC(NC)c1ccnc(C)n1. The molecule has 0 fully saturated rings. The number of hydrogen-bond donors (Lipinski definition) is 1. The monoisotopic (exact) mass is 189 g/mol. The van der Waals surface area contributed by atoms with E-state index in [2.05, 4.69) is 27.1 Å². The second kappa shape index (κ2) is 5.36. The second-order valence-electron chi connectivity index (χ2n) is 3.00. The van der Waals surface area contributed by atoms with Crippen LogP contribution in [0, 0.1) is 18.8 Å². The fourth-order valence-electron chi connectivity index (χ4n) is 1.23. The lowest BCUT2D eigenvalue weighted by Crippen LogP contribution is -2.17. The fourth-order valence-corrected chi connectivity index (χ4v) is 1.23. The molecule has 1 aromatic rings. The molecule has 1 rings (SSSR count). The van der Waals surface area contributed by atoms with Crippen LogP contribution in [-0.4, -0.2) is 17.0 Å². The minimum absolute atomic E-state index is 0.198. The summed E-state index contributed by atoms with van der Waals surface area (Å²) >= 11 is 0. The van der Waals surface area contributed by atoms with E-state index in [0.717, 1.165) is 17.9 Å². The summed E-state index contributed by atoms with van der Waals surface area (Å²) in [6.45, 7) is 3.74. The van der Waals surface area contributed by atoms with Crippen LogP contribution in [0.3, 0.4) is 0 Å². The molecule has 0 spiro atoms. The van der Waals surface area contributed by atoms with Gasteiger partial charge in [0.15, 0.2) is 0 Å². The predicted octanol–water partition coefficient (Wildman–Crippen LogP) is 1.46. The van der Waals surface area contributed by atoms with Gasteiger partial charge in [-0.2, -0.15) is 0 Å². The smallest absolute Gasteiger partial charge is 0.125 e. The average molecular weight is 189 g/mol. The molecule has 0 aliphatic rings. The van der Waals surface area contributed by atoms with E-state index in [4.69, 9.17) is 0 Å². The Morgan fingerprint density at radius 1 is 1.57 bits per heavy atom. The Morgan fingerprint density at radius 2 is 2.36 bits per heavy atom. The average Bonchev–Trinajstić information content (AvgIpc) is 2.19. The zero-order valence-electron chi connectivity index (χ0n) is 8.83. The molecule has 3 heteroatoms. The Labute approximate surface area is 85.0 Å². The quantitative estimate of drug-likeness (QED) is 0.731. The predicted molar refractivity (Wildman–Crippen MR) is 56.6 cm³/mol. The molecule has 0 aromatic carbocycles. The van der Waals surface area contributed by atoms with Crippen molar-refractivity contribution in [3.05, 3.63) is 23.8 Å². The van der Waals surface area contributed by atoms with Crippen molar-refractivity contribution in [3.63, 3.8) is 0 Å². The molecular weight excluding hydrogens is 174 g/mol. The molecule has 14 heavy (non-hydrogen) atoms. The molecule has 0 aliphatic heterocycles. The zero-order valence-corrected chi connectivity index (χ0v) is 8.83. The third kappa shape index (κ3) is 2.82. The molecule has 74 valence electrons. The summed E-state index contributed by atoms with van der Waals surface area (Å²) in [5, 5.41) is 3.19. The number of aromatic nitrogens is 2. The second-order valence-corrected chi connectivity index (χ2v) is 3.00. The molecule has 1 unspecified atom stereocenters. The van der Waals surface area contributed by atoms with Gasteiger partial charge in [-0.05, 0) is 27.0 Å². The molecule has 0 amide bonds. The lowest BCUT2D eigenvalue weighted by molar-refractivity contribution is 0.590. The molecule has 0 saturated heterocycles. The first-order chi connectivity index (χ1) is 6.77. The number of rotatable bonds is 3. The van der Waals surface area contributed by atoms with Crippen LogP contribution in [-0.2, 0) is 0 Å². The largest absolute Gasteiger partial charge is 0.311 e. The summed E-state index contributed by atoms with van der Waals surface area (Å²) in [5.74, 6) is 6.73. The zero-order chi connectivity index (χ0) is 10.4. The van der Waals surface area contributed by atoms with Gasteiger partial charge in [-0.15, -0.1) is 11.8 Å². The van der Waals surface area contributed by atoms with Gasteiger partial charge >= 0.3 is 0 Å². The van der Waals surface area contributed by atoms with Crippen molar-refractivity contribution < 1.29 is 0 Å². The van der Waals surface area contributed by atoms with Crippen LogP contribution in [0.1, 0.15) is 30.9 Å². The van der Waals surface area contributed by atoms with E-state index in [-0.39, 0.29) is 6.04 Å². The van der Waals surface area contributed by atoms with Gasteiger partial charge in [-0.25, -0.2) is 9.97 Å². The summed E-state index contributed by atoms with van der Waals surface area (Å²) in [4.78, 5) is 8.42. The molecular formula is C11H15N3. The highest BCUT2D eigenvalue weighted by atomic mass is 14.9. The van der Waals surface area contributed by atoms with Gasteiger partial charge in [0.25, 0.3) is 0 Å². The lowest BCUT2D eigenvalue weighted by atomic mass is 10.1. The Kier molecular flexibility index (Phi) is 4.09. The fraction of sp³-hybridized carbons (Fsp3) is 0.455. The van der Waals surface area contributed by atoms with Crippen LogP contribution >= 0.6 is 0 Å². The minimum atomic E-state index is 0.198. The van der Waals surface area contributed by atoms with E-state index in [0.29, 0.717) is 0 Å². The van der Waals surface area contributed by atoms with Gasteiger partial charge in [0.05, 0.1) is 11.7 Å². The molecule has 1 aromatic heterocycles. The summed E-state index contributed by atoms with van der Waals surface area (Å²) in [7, 11) is 1.92. The van der Waals surface area contributed by atoms with Crippen LogP contribution in [0.5, 0.6) is 0 Å². The highest BCUT2D eigenvalue weighted by Crippen LogP contribution is 2.12. The van der Waals surface area contributed by atoms with E-state index in [9.17, 15) is 0 Å². The molecule has 0 radical (unpaired) electrons. The van der Waals surface area contributed by atoms with Crippen LogP contribution in [0.4, 0.5) is 0 Å². The van der Waals surface area contributed by atoms with E-state index < -0.39 is 0 Å². The Hall–Kier alpha value is -1.40. The highest BCUT2D eigenvalue weighted by molar-refractivity contribution is 5.11. The van der Waals surface area contributed by atoms with E-state index in [1.54, 1.807) is 6.20 Å². The van der Waals surface area contributed by atoms with Gasteiger partial charge in [0, 0.05) is 12.6 Å². The van der Waals surface area contributed by atoms with Crippen molar-refractivity contribution in [2.24, 2.45) is 0 Å². The number of hydrogen-bond acceptors (Lipinski definition) is 3. The first-order valence-electron chi connectivity index (χ1n) is 4.64. The van der Waals surface area contributed by atoms with Gasteiger partial charge in [0.1, 0.15) is 5.82 Å². The maximum Gasteiger partial charge on any atom is 0.125 e. The molecule has 0 bridgehead atoms. The Bertz CT molecular complexity index is 349. The van der Waals surface area contributed by atoms with Crippen molar-refractivity contribution in [2.45, 2.75) is 26.3 Å². The topological polar surface area (TPSA) is 37.8 Å². The molecule has 0 aliphatic carbocycles. The summed E-state index contributed by atoms with van der Waals surface area (Å²) in [6, 6.07) is 2.12. The number of nitrogens with zero attached hydrogens (tertiary/aromatic N) is 2. The third-order valence-electron chi connectivity index (χ3n) is 1.99. The first-order valence-corrected chi connectivity index (χ1v) is 4.64. The summed E-state index contributed by atoms with van der Waals surface area (Å²) < 4.78 is 0. The third-order valence-corrected chi connectivity index (χ3v) is 1.99. The van der Waals surface area contributed by atoms with E-state index >= 15 is 0 Å². The van der Waals surface area contributed by atoms with Crippen LogP contribution in [0.15, 0.2) is 12.3 Å². The Morgan fingerprint density at radius 3 is 2.93 bits per heavy atom. The van der Waals surface area contributed by atoms with Crippen molar-refractivity contribution in [2.75, 3.05) is 7.05 Å². The summed E-state index contributed by atoms with van der Waals surface area (Å²) in [6.07, 6.45) is 2.56. The summed E-state index contributed by atoms with van der Waals surface area (Å²) in [5.41, 5.74) is 1.00. The normalized spacial score (nSPS) is 11.6. The van der Waals surface area contributed by atoms with Crippen molar-refractivity contribution in [1.82, 2.24) is 15.3 Å². The van der Waals surface area contributed by atoms with E-state index in [1.807, 2.05) is 27.0 Å². The lowest BCUT2D eigenvalue weighted by Gasteiger charge is -2.12. The molecule has 3 nitrogen and oxygen atoms in total. The van der Waals surface area contributed by atoms with Crippen LogP contribution in [0.25, 0.3) is 0 Å². The standard InChI is InChI=1S/C11H15N3/c1-4-5-6-10(12-3)11-7-8-13-9(2)14-11/h7-8,10,12H,6H2,1-3H3. The maximum atomic E-state index is 4.36. The molecule has 0 saturated carbocycles. The highest BCUT2D eigenvalue weighted by Gasteiger charge is 2.08. The van der Waals surface area contributed by atoms with Crippen LogP contribution < -0.4 is 5.32 Å². The number of aryl methyl sites for hydroxylation is 1. The Balaban J connectivity index is 2.81. The van der Waals surface area contributed by atoms with E-state index in [1.165, 1.54) is 0 Å². The molecule has 1 heterocycles. The minimum Gasteiger partial charge on any atom is -0.311 e. The number of nitrogens with one attached hydrogen (secondary N) is 1. The van der Waals surface area contributed by atoms with Crippen LogP contribution in [0.2, 0.25) is 0 Å². The maximum absolute atomic E-state index is 4.36. The molecule has 1 N–H and O–H groups in total. The van der Waals surface area contributed by atoms with Crippen molar-refractivity contribution >= 4 is 0 Å². The van der Waals surface area contributed by atoms with Gasteiger partial charge in [-0.3, -0.25) is 0 Å². The van der Waals surface area contributed by atoms with Crippen molar-refractivity contribution in [3.8, 4) is 11.8 Å².